The maximum atomic E-state index is 16.5. The van der Waals surface area contributed by atoms with E-state index >= 15 is 8.78 Å². The van der Waals surface area contributed by atoms with Crippen LogP contribution >= 0.6 is 11.6 Å². The maximum Gasteiger partial charge on any atom is 0.319 e. The lowest BCUT2D eigenvalue weighted by Gasteiger charge is -2.44. The largest absolute Gasteiger partial charge is 0.507 e. The second kappa shape index (κ2) is 20.5. The van der Waals surface area contributed by atoms with Crippen LogP contribution < -0.4 is 30.3 Å². The third-order valence-electron chi connectivity index (χ3n) is 11.3. The summed E-state index contributed by atoms with van der Waals surface area (Å²) in [5, 5.41) is 17.9. The van der Waals surface area contributed by atoms with Crippen LogP contribution in [0.15, 0.2) is 55.1 Å². The molecule has 4 N–H and O–H groups in total. The Morgan fingerprint density at radius 2 is 1.66 bits per heavy atom. The number of imide groups is 2. The van der Waals surface area contributed by atoms with E-state index in [1.807, 2.05) is 18.7 Å². The smallest absolute Gasteiger partial charge is 0.319 e. The van der Waals surface area contributed by atoms with Crippen molar-refractivity contribution in [2.24, 2.45) is 0 Å². The van der Waals surface area contributed by atoms with E-state index in [1.54, 1.807) is 4.90 Å². The fourth-order valence-corrected chi connectivity index (χ4v) is 8.32. The Kier molecular flexibility index (Phi) is 14.6. The number of fused-ring (bicyclic) bond motifs is 2. The molecule has 3 aliphatic rings. The number of aromatic hydroxyl groups is 1. The van der Waals surface area contributed by atoms with Gasteiger partial charge in [-0.25, -0.2) is 8.78 Å². The van der Waals surface area contributed by atoms with Gasteiger partial charge in [0.1, 0.15) is 47.9 Å². The van der Waals surface area contributed by atoms with Crippen molar-refractivity contribution in [1.82, 2.24) is 35.7 Å². The fourth-order valence-electron chi connectivity index (χ4n) is 8.03. The molecule has 2 fully saturated rings. The molecular formula is C45H45ClF2N8O11. The predicted molar refractivity (Wildman–Crippen MR) is 235 cm³/mol. The van der Waals surface area contributed by atoms with E-state index in [0.29, 0.717) is 6.42 Å². The molecule has 19 nitrogen and oxygen atoms in total. The summed E-state index contributed by atoms with van der Waals surface area (Å²) in [5.41, 5.74) is -1.23. The van der Waals surface area contributed by atoms with Gasteiger partial charge in [-0.05, 0) is 63.1 Å². The van der Waals surface area contributed by atoms with E-state index in [1.165, 1.54) is 42.5 Å². The number of carbonyl (C=O) groups is 7. The Balaban J connectivity index is 0.892. The number of hydrogen-bond acceptors (Lipinski definition) is 14. The molecule has 0 saturated carbocycles. The Bertz CT molecular complexity index is 2670. The maximum absolute atomic E-state index is 16.5. The second-order valence-electron chi connectivity index (χ2n) is 15.8. The molecule has 0 bridgehead atoms. The number of nitrogens with one attached hydrogen (secondary N) is 3. The summed E-state index contributed by atoms with van der Waals surface area (Å²) >= 11 is 6.58. The van der Waals surface area contributed by atoms with Gasteiger partial charge in [0.2, 0.25) is 23.6 Å². The highest BCUT2D eigenvalue weighted by Crippen LogP contribution is 2.43. The molecule has 1 aromatic heterocycles. The average Bonchev–Trinajstić information content (AvgIpc) is 3.55. The normalized spacial score (nSPS) is 18.2. The Morgan fingerprint density at radius 1 is 0.925 bits per heavy atom. The van der Waals surface area contributed by atoms with Gasteiger partial charge < -0.3 is 39.8 Å². The van der Waals surface area contributed by atoms with Crippen LogP contribution in [0.25, 0.3) is 22.0 Å². The summed E-state index contributed by atoms with van der Waals surface area (Å²) in [4.78, 5) is 101. The third-order valence-corrected chi connectivity index (χ3v) is 11.6. The third kappa shape index (κ3) is 10.1. The molecule has 0 radical (unpaired) electrons. The molecule has 3 aromatic carbocycles. The number of benzene rings is 3. The van der Waals surface area contributed by atoms with Gasteiger partial charge in [0.25, 0.3) is 17.7 Å². The molecule has 0 spiro atoms. The zero-order valence-electron chi connectivity index (χ0n) is 36.2. The number of carbonyl (C=O) groups excluding carboxylic acids is 7. The number of rotatable bonds is 17. The summed E-state index contributed by atoms with van der Waals surface area (Å²) in [6.45, 7) is 7.01. The van der Waals surface area contributed by atoms with Crippen LogP contribution in [0, 0.1) is 11.6 Å². The highest BCUT2D eigenvalue weighted by molar-refractivity contribution is 6.34. The number of ether oxygens (including phenoxy) is 3. The van der Waals surface area contributed by atoms with Gasteiger partial charge in [-0.2, -0.15) is 9.97 Å². The van der Waals surface area contributed by atoms with Gasteiger partial charge in [-0.1, -0.05) is 30.3 Å². The van der Waals surface area contributed by atoms with Crippen LogP contribution in [-0.2, 0) is 28.7 Å². The first-order chi connectivity index (χ1) is 32.1. The minimum Gasteiger partial charge on any atom is -0.507 e. The Morgan fingerprint density at radius 3 is 2.37 bits per heavy atom. The lowest BCUT2D eigenvalue weighted by Crippen LogP contribution is -2.58. The summed E-state index contributed by atoms with van der Waals surface area (Å²) in [7, 11) is 0. The van der Waals surface area contributed by atoms with Crippen molar-refractivity contribution in [2.75, 3.05) is 57.5 Å². The van der Waals surface area contributed by atoms with Gasteiger partial charge in [-0.3, -0.25) is 43.8 Å². The molecule has 3 atom stereocenters. The molecule has 3 aliphatic heterocycles. The molecule has 67 heavy (non-hydrogen) atoms. The van der Waals surface area contributed by atoms with Crippen molar-refractivity contribution >= 4 is 69.7 Å². The number of piperazine rings is 1. The highest BCUT2D eigenvalue weighted by Gasteiger charge is 2.46. The highest BCUT2D eigenvalue weighted by atomic mass is 35.5. The first kappa shape index (κ1) is 47.7. The number of nitrogens with zero attached hydrogens (tertiary/aromatic N) is 5. The number of halogens is 3. The zero-order chi connectivity index (χ0) is 48.1. The Hall–Kier alpha value is -7.26. The second-order valence-corrected chi connectivity index (χ2v) is 16.2. The van der Waals surface area contributed by atoms with Crippen LogP contribution in [0.4, 0.5) is 14.6 Å². The molecule has 7 rings (SSSR count). The number of amides is 7. The average molecular weight is 947 g/mol. The molecule has 0 aliphatic carbocycles. The van der Waals surface area contributed by atoms with Crippen LogP contribution in [0.1, 0.15) is 53.8 Å². The molecule has 4 aromatic rings. The number of aromatic nitrogens is 2. The van der Waals surface area contributed by atoms with Crippen molar-refractivity contribution in [1.29, 1.82) is 0 Å². The molecule has 4 heterocycles. The van der Waals surface area contributed by atoms with Crippen LogP contribution in [0.5, 0.6) is 17.5 Å². The minimum absolute atomic E-state index is 0.00599. The van der Waals surface area contributed by atoms with Crippen LogP contribution in [-0.4, -0.2) is 137 Å². The van der Waals surface area contributed by atoms with Gasteiger partial charge >= 0.3 is 6.01 Å². The molecule has 1 unspecified atom stereocenters. The molecule has 7 amide bonds. The number of anilines is 1. The summed E-state index contributed by atoms with van der Waals surface area (Å²) in [6, 6.07) is 7.13. The lowest BCUT2D eigenvalue weighted by atomic mass is 10.0. The van der Waals surface area contributed by atoms with Crippen molar-refractivity contribution in [3.63, 3.8) is 0 Å². The number of phenols is 1. The first-order valence-electron chi connectivity index (χ1n) is 21.2. The van der Waals surface area contributed by atoms with Crippen molar-refractivity contribution < 1.29 is 61.7 Å². The lowest BCUT2D eigenvalue weighted by molar-refractivity contribution is -0.136. The monoisotopic (exact) mass is 946 g/mol. The van der Waals surface area contributed by atoms with Gasteiger partial charge in [0.15, 0.2) is 12.4 Å². The van der Waals surface area contributed by atoms with Gasteiger partial charge in [0, 0.05) is 55.6 Å². The molecule has 2 saturated heterocycles. The molecule has 22 heteroatoms. The molecular weight excluding hydrogens is 902 g/mol. The standard InChI is InChI=1S/C45H45ClF2N8O11/c1-4-35(61)54-19-24(3)55(20-23(54)2)41-26-18-27(46)37(38-28(47)9-6-10-30(38)57)39(48)40(26)52-45(53-41)66-17-16-65-21-33(59)49-14-7-15-50-34(60)22-67-31-11-5-8-25-36(31)44(64)56(43(25)63)29-12-13-32(58)51-42(29)62/h4-6,8-11,18,23-24,29,57H,1,7,12-17,19-22H2,2-3H3,(H,49,59)(H,50,60)(H,51,58,62)/t23-,24+,29?/m1/s1. The number of phenolic OH excluding ortho intramolecular Hbond substituents is 1. The summed E-state index contributed by atoms with van der Waals surface area (Å²) in [6.07, 6.45) is 1.51. The predicted octanol–water partition coefficient (Wildman–Crippen LogP) is 3.04. The van der Waals surface area contributed by atoms with Crippen LogP contribution in [0.3, 0.4) is 0 Å². The van der Waals surface area contributed by atoms with Crippen molar-refractivity contribution in [3.05, 3.63) is 82.9 Å². The number of hydrogen-bond donors (Lipinski definition) is 4. The zero-order valence-corrected chi connectivity index (χ0v) is 37.0. The van der Waals surface area contributed by atoms with E-state index < -0.39 is 76.6 Å². The molecule has 352 valence electrons. The van der Waals surface area contributed by atoms with E-state index in [4.69, 9.17) is 25.8 Å². The van der Waals surface area contributed by atoms with E-state index in [2.05, 4.69) is 32.5 Å². The fraction of sp³-hybridized carbons (Fsp3) is 0.356. The van der Waals surface area contributed by atoms with E-state index in [-0.39, 0.29) is 121 Å². The summed E-state index contributed by atoms with van der Waals surface area (Å²) < 4.78 is 48.4. The van der Waals surface area contributed by atoms with Crippen molar-refractivity contribution in [3.8, 4) is 28.6 Å². The summed E-state index contributed by atoms with van der Waals surface area (Å²) in [5.74, 6) is -6.29. The first-order valence-corrected chi connectivity index (χ1v) is 21.6. The van der Waals surface area contributed by atoms with Gasteiger partial charge in [0.05, 0.1) is 28.3 Å². The number of piperidine rings is 1. The van der Waals surface area contributed by atoms with Crippen molar-refractivity contribution in [2.45, 2.75) is 51.2 Å². The minimum atomic E-state index is -1.16. The quantitative estimate of drug-likeness (QED) is 0.0677. The van der Waals surface area contributed by atoms with E-state index in [9.17, 15) is 38.7 Å². The van der Waals surface area contributed by atoms with E-state index in [0.717, 1.165) is 11.0 Å². The topological polar surface area (TPSA) is 239 Å². The van der Waals surface area contributed by atoms with Crippen LogP contribution in [0.2, 0.25) is 5.02 Å². The van der Waals surface area contributed by atoms with Gasteiger partial charge in [-0.15, -0.1) is 0 Å². The SMILES string of the molecule is C=CC(=O)N1C[C@H](C)N(c2nc(OCCOCC(=O)NCCCNC(=O)COc3cccc4c3C(=O)N(C3CCC(=O)NC3=O)C4=O)nc3c(F)c(-c4c(O)cccc4F)c(Cl)cc23)C[C@H]1C. The Labute approximate surface area is 386 Å².